The molecule has 0 aliphatic heterocycles. The maximum atomic E-state index is 11.3. The second kappa shape index (κ2) is 3.09. The van der Waals surface area contributed by atoms with Gasteiger partial charge < -0.3 is 0 Å². The Bertz CT molecular complexity index is 205. The van der Waals surface area contributed by atoms with E-state index in [1.165, 1.54) is 0 Å². The van der Waals surface area contributed by atoms with Crippen molar-refractivity contribution in [3.05, 3.63) is 0 Å². The Morgan fingerprint density at radius 3 is 1.08 bits per heavy atom. The molecular formula is C2HF6NO2S. The molecule has 12 heavy (non-hydrogen) atoms. The molecule has 0 saturated heterocycles. The quantitative estimate of drug-likeness (QED) is 0.401. The predicted molar refractivity (Wildman–Crippen MR) is 24.3 cm³/mol. The highest BCUT2D eigenvalue weighted by molar-refractivity contribution is 7.69. The van der Waals surface area contributed by atoms with Crippen molar-refractivity contribution in [3.63, 3.8) is 0 Å². The Morgan fingerprint density at radius 1 is 0.833 bits per heavy atom. The zero-order valence-corrected chi connectivity index (χ0v) is 5.87. The van der Waals surface area contributed by atoms with Gasteiger partial charge in [-0.2, -0.15) is 26.3 Å². The summed E-state index contributed by atoms with van der Waals surface area (Å²) in [5.74, 6) is 0. The highest BCUT2D eigenvalue weighted by Gasteiger charge is 2.56. The molecule has 0 N–H and O–H groups in total. The van der Waals surface area contributed by atoms with Crippen LogP contribution in [-0.4, -0.2) is 25.3 Å². The average molecular weight is 217 g/mol. The third kappa shape index (κ3) is 2.85. The van der Waals surface area contributed by atoms with Crippen LogP contribution >= 0.6 is 0 Å². The molecule has 0 heterocycles. The van der Waals surface area contributed by atoms with E-state index in [-0.39, 0.29) is 0 Å². The molecule has 0 atom stereocenters. The molecule has 0 radical (unpaired) electrons. The van der Waals surface area contributed by atoms with Crippen molar-refractivity contribution in [3.8, 4) is 0 Å². The maximum absolute atomic E-state index is 11.3. The zero-order valence-electron chi connectivity index (χ0n) is 4.98. The molecular weight excluding hydrogens is 216 g/mol. The monoisotopic (exact) mass is 217 g/mol. The molecule has 74 valence electrons. The minimum atomic E-state index is -5.96. The minimum absolute atomic E-state index is 2.50. The van der Waals surface area contributed by atoms with Crippen molar-refractivity contribution in [2.75, 3.05) is 0 Å². The van der Waals surface area contributed by atoms with Crippen LogP contribution in [0.4, 0.5) is 26.3 Å². The molecule has 0 aliphatic carbocycles. The minimum Gasteiger partial charge on any atom is -0.215 e. The van der Waals surface area contributed by atoms with Gasteiger partial charge in [0.1, 0.15) is 0 Å². The van der Waals surface area contributed by atoms with Crippen LogP contribution in [0.25, 0.3) is 0 Å². The summed E-state index contributed by atoms with van der Waals surface area (Å²) in [6.45, 7) is 0. The van der Waals surface area contributed by atoms with E-state index < -0.39 is 27.8 Å². The van der Waals surface area contributed by atoms with Crippen LogP contribution in [0.1, 0.15) is 0 Å². The fourth-order valence-electron chi connectivity index (χ4n) is 0.329. The molecule has 0 rings (SSSR count). The first-order valence-electron chi connectivity index (χ1n) is 2.15. The van der Waals surface area contributed by atoms with Crippen molar-refractivity contribution < 1.29 is 34.8 Å². The number of halogens is 6. The highest BCUT2D eigenvalue weighted by atomic mass is 32.2. The van der Waals surface area contributed by atoms with Crippen molar-refractivity contribution in [1.82, 2.24) is 4.31 Å². The summed E-state index contributed by atoms with van der Waals surface area (Å²) in [6, 6.07) is 0. The van der Waals surface area contributed by atoms with E-state index in [2.05, 4.69) is 0 Å². The third-order valence-electron chi connectivity index (χ3n) is 0.644. The topological polar surface area (TPSA) is 37.4 Å². The summed E-state index contributed by atoms with van der Waals surface area (Å²) in [5, 5.41) is 0. The molecule has 3 nitrogen and oxygen atoms in total. The number of rotatable bonds is 1. The number of nitrogens with zero attached hydrogens (tertiary/aromatic N) is 1. The van der Waals surface area contributed by atoms with E-state index in [9.17, 15) is 34.8 Å². The Hall–Kier alpha value is -0.510. The summed E-state index contributed by atoms with van der Waals surface area (Å²) < 4.78 is 84.3. The van der Waals surface area contributed by atoms with Crippen LogP contribution in [0.2, 0.25) is 0 Å². The average Bonchev–Trinajstić information content (AvgIpc) is 1.49. The smallest absolute Gasteiger partial charge is 0.215 e. The first kappa shape index (κ1) is 11.5. The molecule has 0 unspecified atom stereocenters. The molecule has 0 spiro atoms. The molecule has 0 aromatic carbocycles. The van der Waals surface area contributed by atoms with Crippen molar-refractivity contribution in [2.45, 2.75) is 12.6 Å². The van der Waals surface area contributed by atoms with Gasteiger partial charge in [-0.1, -0.05) is 0 Å². The summed E-state index contributed by atoms with van der Waals surface area (Å²) in [5.41, 5.74) is 0. The van der Waals surface area contributed by atoms with Gasteiger partial charge in [0.25, 0.3) is 0 Å². The van der Waals surface area contributed by atoms with Gasteiger partial charge in [-0.3, -0.25) is 0 Å². The number of hydrogen-bond donors (Lipinski definition) is 1. The first-order chi connectivity index (χ1) is 5.07. The van der Waals surface area contributed by atoms with E-state index in [4.69, 9.17) is 0 Å². The van der Waals surface area contributed by atoms with E-state index in [0.717, 1.165) is 0 Å². The van der Waals surface area contributed by atoms with E-state index in [0.29, 0.717) is 0 Å². The second-order valence-electron chi connectivity index (χ2n) is 1.49. The lowest BCUT2D eigenvalue weighted by atomic mass is 11.0. The summed E-state index contributed by atoms with van der Waals surface area (Å²) in [6.07, 6.45) is -11.9. The summed E-state index contributed by atoms with van der Waals surface area (Å²) in [7, 11) is -4.76. The number of thiol groups is 1. The van der Waals surface area contributed by atoms with Crippen LogP contribution in [0.15, 0.2) is 0 Å². The lowest BCUT2D eigenvalue weighted by molar-refractivity contribution is -0.332. The lowest BCUT2D eigenvalue weighted by Crippen LogP contribution is -2.46. The van der Waals surface area contributed by atoms with Gasteiger partial charge in [0, 0.05) is 0 Å². The molecule has 0 amide bonds. The van der Waals surface area contributed by atoms with Gasteiger partial charge in [0.05, 0.1) is 0 Å². The predicted octanol–water partition coefficient (Wildman–Crippen LogP) is 0.854. The van der Waals surface area contributed by atoms with Crippen LogP contribution in [0, 0.1) is 0 Å². The number of hydrogen-bond acceptors (Lipinski definition) is 2. The van der Waals surface area contributed by atoms with Gasteiger partial charge in [-0.15, -0.1) is 0 Å². The third-order valence-corrected chi connectivity index (χ3v) is 1.42. The largest absolute Gasteiger partial charge is 0.480 e. The maximum Gasteiger partial charge on any atom is 0.480 e. The molecule has 0 aliphatic rings. The second-order valence-corrected chi connectivity index (χ2v) is 2.36. The summed E-state index contributed by atoms with van der Waals surface area (Å²) in [4.78, 5) is 0. The van der Waals surface area contributed by atoms with Crippen molar-refractivity contribution in [1.29, 1.82) is 0 Å². The van der Waals surface area contributed by atoms with Crippen LogP contribution in [-0.2, 0) is 10.9 Å². The number of alkyl halides is 6. The van der Waals surface area contributed by atoms with Gasteiger partial charge in [-0.25, -0.2) is 8.42 Å². The SMILES string of the molecule is O=[SH](=O)N(C(F)(F)F)C(F)(F)F. The first-order valence-corrected chi connectivity index (χ1v) is 3.28. The van der Waals surface area contributed by atoms with Gasteiger partial charge in [-0.05, 0) is 4.31 Å². The normalized spacial score (nSPS) is 14.3. The standard InChI is InChI=1S/C2HF6NO2S/c3-1(4,5)9(12(10)11)2(6,7)8/h12H. The molecule has 0 aromatic heterocycles. The molecule has 0 bridgehead atoms. The fourth-order valence-corrected chi connectivity index (χ4v) is 0.699. The Kier molecular flexibility index (Phi) is 2.96. The molecule has 10 heteroatoms. The van der Waals surface area contributed by atoms with E-state index in [1.807, 2.05) is 0 Å². The van der Waals surface area contributed by atoms with Crippen LogP contribution in [0.5, 0.6) is 0 Å². The summed E-state index contributed by atoms with van der Waals surface area (Å²) >= 11 is 0. The van der Waals surface area contributed by atoms with Crippen molar-refractivity contribution in [2.24, 2.45) is 0 Å². The highest BCUT2D eigenvalue weighted by Crippen LogP contribution is 2.32. The van der Waals surface area contributed by atoms with E-state index >= 15 is 0 Å². The molecule has 0 aromatic rings. The van der Waals surface area contributed by atoms with Gasteiger partial charge in [0.2, 0.25) is 10.9 Å². The molecule has 0 fully saturated rings. The molecule has 0 saturated carbocycles. The Balaban J connectivity index is 4.96. The van der Waals surface area contributed by atoms with Gasteiger partial charge in [0.15, 0.2) is 0 Å². The van der Waals surface area contributed by atoms with Gasteiger partial charge >= 0.3 is 12.6 Å². The van der Waals surface area contributed by atoms with E-state index in [1.54, 1.807) is 0 Å². The van der Waals surface area contributed by atoms with Crippen LogP contribution < -0.4 is 0 Å². The van der Waals surface area contributed by atoms with Crippen molar-refractivity contribution >= 4 is 10.9 Å². The van der Waals surface area contributed by atoms with Crippen LogP contribution in [0.3, 0.4) is 0 Å². The Labute approximate surface area is 63.6 Å². The lowest BCUT2D eigenvalue weighted by Gasteiger charge is -2.19. The Morgan fingerprint density at radius 2 is 1.08 bits per heavy atom. The zero-order chi connectivity index (χ0) is 10.2. The fraction of sp³-hybridized carbons (Fsp3) is 1.00.